The Balaban J connectivity index is 1.60. The van der Waals surface area contributed by atoms with Crippen LogP contribution in [0.3, 0.4) is 0 Å². The zero-order valence-corrected chi connectivity index (χ0v) is 14.6. The molecule has 0 amide bonds. The van der Waals surface area contributed by atoms with E-state index < -0.39 is 0 Å². The fourth-order valence-electron chi connectivity index (χ4n) is 4.51. The number of benzene rings is 1. The lowest BCUT2D eigenvalue weighted by atomic mass is 9.52. The molecule has 0 spiro atoms. The highest BCUT2D eigenvalue weighted by Crippen LogP contribution is 2.59. The van der Waals surface area contributed by atoms with Crippen molar-refractivity contribution in [2.45, 2.75) is 71.1 Å². The van der Waals surface area contributed by atoms with Crippen LogP contribution >= 0.6 is 0 Å². The molecule has 4 rings (SSSR count). The van der Waals surface area contributed by atoms with Gasteiger partial charge in [0, 0.05) is 0 Å². The Bertz CT molecular complexity index is 602. The van der Waals surface area contributed by atoms with Crippen LogP contribution in [0.25, 0.3) is 0 Å². The summed E-state index contributed by atoms with van der Waals surface area (Å²) in [6, 6.07) is 8.90. The third-order valence-electron chi connectivity index (χ3n) is 6.34. The minimum atomic E-state index is -0.263. The lowest BCUT2D eigenvalue weighted by Gasteiger charge is -2.52. The van der Waals surface area contributed by atoms with Crippen LogP contribution < -0.4 is 4.74 Å². The third kappa shape index (κ3) is 3.34. The predicted octanol–water partition coefficient (Wildman–Crippen LogP) is 5.38. The van der Waals surface area contributed by atoms with Gasteiger partial charge in [0.1, 0.15) is 5.75 Å². The number of carbonyl (C=O) groups is 1. The summed E-state index contributed by atoms with van der Waals surface area (Å²) in [7, 11) is 0. The smallest absolute Gasteiger partial charge is 0.317 e. The van der Waals surface area contributed by atoms with Gasteiger partial charge in [-0.05, 0) is 74.6 Å². The van der Waals surface area contributed by atoms with Crippen molar-refractivity contribution >= 4 is 5.97 Å². The quantitative estimate of drug-likeness (QED) is 0.400. The van der Waals surface area contributed by atoms with Gasteiger partial charge in [-0.2, -0.15) is 5.26 Å². The molecule has 0 unspecified atom stereocenters. The zero-order chi connectivity index (χ0) is 17.0. The lowest BCUT2D eigenvalue weighted by Crippen LogP contribution is -2.47. The van der Waals surface area contributed by atoms with Crippen LogP contribution in [-0.2, 0) is 4.79 Å². The summed E-state index contributed by atoms with van der Waals surface area (Å²) < 4.78 is 5.66. The van der Waals surface area contributed by atoms with Gasteiger partial charge in [0.25, 0.3) is 0 Å². The largest absolute Gasteiger partial charge is 0.426 e. The van der Waals surface area contributed by atoms with Gasteiger partial charge in [-0.15, -0.1) is 0 Å². The van der Waals surface area contributed by atoms with Crippen LogP contribution in [0.2, 0.25) is 0 Å². The molecule has 3 aliphatic carbocycles. The maximum atomic E-state index is 12.8. The Kier molecular flexibility index (Phi) is 4.94. The summed E-state index contributed by atoms with van der Waals surface area (Å²) in [5.74, 6) is 0.493. The maximum absolute atomic E-state index is 12.8. The number of esters is 1. The summed E-state index contributed by atoms with van der Waals surface area (Å²) >= 11 is 0. The molecular weight excluding hydrogens is 298 g/mol. The van der Waals surface area contributed by atoms with Crippen molar-refractivity contribution in [3.05, 3.63) is 29.8 Å². The molecule has 0 aromatic heterocycles. The number of nitrogens with zero attached hydrogens (tertiary/aromatic N) is 1. The van der Waals surface area contributed by atoms with E-state index in [0.29, 0.717) is 16.7 Å². The fourth-order valence-corrected chi connectivity index (χ4v) is 4.51. The number of hydrogen-bond donors (Lipinski definition) is 0. The normalized spacial score (nSPS) is 28.3. The number of fused-ring (bicyclic) bond motifs is 3. The fraction of sp³-hybridized carbons (Fsp3) is 0.619. The van der Waals surface area contributed by atoms with Gasteiger partial charge in [-0.3, -0.25) is 4.79 Å². The van der Waals surface area contributed by atoms with Crippen molar-refractivity contribution in [3.8, 4) is 11.8 Å². The monoisotopic (exact) mass is 325 g/mol. The van der Waals surface area contributed by atoms with Crippen LogP contribution in [0.5, 0.6) is 5.75 Å². The average molecular weight is 325 g/mol. The van der Waals surface area contributed by atoms with Crippen LogP contribution in [0.1, 0.15) is 76.7 Å². The van der Waals surface area contributed by atoms with Crippen molar-refractivity contribution in [2.75, 3.05) is 0 Å². The molecule has 3 aliphatic rings. The molecule has 0 atom stereocenters. The molecule has 0 heterocycles. The summed E-state index contributed by atoms with van der Waals surface area (Å²) in [6.07, 6.45) is 11.7. The Hall–Kier alpha value is -1.82. The highest BCUT2D eigenvalue weighted by atomic mass is 16.5. The number of carbonyl (C=O) groups excluding carboxylic acids is 1. The molecule has 0 radical (unpaired) electrons. The molecule has 128 valence electrons. The first-order chi connectivity index (χ1) is 11.6. The summed E-state index contributed by atoms with van der Waals surface area (Å²) in [5, 5.41) is 8.84. The van der Waals surface area contributed by atoms with Crippen molar-refractivity contribution in [1.29, 1.82) is 5.26 Å². The SMILES string of the molecule is CCCCCC12CCC(C(=O)Oc3ccc(C#N)cc3)(CC1)CC2. The van der Waals surface area contributed by atoms with Crippen molar-refractivity contribution in [1.82, 2.24) is 0 Å². The van der Waals surface area contributed by atoms with E-state index in [2.05, 4.69) is 13.0 Å². The first kappa shape index (κ1) is 17.0. The molecule has 0 saturated heterocycles. The molecule has 1 aromatic carbocycles. The van der Waals surface area contributed by atoms with E-state index >= 15 is 0 Å². The van der Waals surface area contributed by atoms with Crippen LogP contribution in [-0.4, -0.2) is 5.97 Å². The van der Waals surface area contributed by atoms with E-state index in [1.807, 2.05) is 0 Å². The second-order valence-corrected chi connectivity index (χ2v) is 7.76. The molecule has 3 saturated carbocycles. The van der Waals surface area contributed by atoms with Crippen molar-refractivity contribution < 1.29 is 9.53 Å². The molecule has 24 heavy (non-hydrogen) atoms. The third-order valence-corrected chi connectivity index (χ3v) is 6.34. The van der Waals surface area contributed by atoms with Gasteiger partial charge >= 0.3 is 5.97 Å². The van der Waals surface area contributed by atoms with Crippen LogP contribution in [0.4, 0.5) is 0 Å². The summed E-state index contributed by atoms with van der Waals surface area (Å²) in [5.41, 5.74) is 0.826. The summed E-state index contributed by atoms with van der Waals surface area (Å²) in [4.78, 5) is 12.8. The molecule has 3 fully saturated rings. The van der Waals surface area contributed by atoms with Crippen molar-refractivity contribution in [2.24, 2.45) is 10.8 Å². The van der Waals surface area contributed by atoms with Crippen LogP contribution in [0.15, 0.2) is 24.3 Å². The van der Waals surface area contributed by atoms with E-state index in [9.17, 15) is 4.79 Å². The van der Waals surface area contributed by atoms with Crippen molar-refractivity contribution in [3.63, 3.8) is 0 Å². The lowest BCUT2D eigenvalue weighted by molar-refractivity contribution is -0.156. The topological polar surface area (TPSA) is 50.1 Å². The number of hydrogen-bond acceptors (Lipinski definition) is 3. The Morgan fingerprint density at radius 3 is 2.25 bits per heavy atom. The first-order valence-corrected chi connectivity index (χ1v) is 9.34. The molecule has 0 N–H and O–H groups in total. The second-order valence-electron chi connectivity index (χ2n) is 7.76. The zero-order valence-electron chi connectivity index (χ0n) is 14.6. The van der Waals surface area contributed by atoms with E-state index in [1.165, 1.54) is 44.9 Å². The average Bonchev–Trinajstić information content (AvgIpc) is 2.64. The molecular formula is C21H27NO2. The van der Waals surface area contributed by atoms with Gasteiger partial charge in [0.2, 0.25) is 0 Å². The molecule has 2 bridgehead atoms. The molecule has 0 aliphatic heterocycles. The first-order valence-electron chi connectivity index (χ1n) is 9.34. The number of ether oxygens (including phenoxy) is 1. The van der Waals surface area contributed by atoms with Gasteiger partial charge in [-0.1, -0.05) is 26.2 Å². The highest BCUT2D eigenvalue weighted by molar-refractivity contribution is 5.79. The number of nitriles is 1. The molecule has 3 nitrogen and oxygen atoms in total. The minimum absolute atomic E-state index is 0.0611. The standard InChI is InChI=1S/C21H27NO2/c1-2-3-4-9-20-10-13-21(14-11-20,15-12-20)19(23)24-18-7-5-17(16-22)6-8-18/h5-8H,2-4,9-15H2,1H3. The van der Waals surface area contributed by atoms with E-state index in [4.69, 9.17) is 10.00 Å². The second kappa shape index (κ2) is 6.97. The summed E-state index contributed by atoms with van der Waals surface area (Å²) in [6.45, 7) is 2.25. The Labute approximate surface area is 145 Å². The van der Waals surface area contributed by atoms with Gasteiger partial charge in [-0.25, -0.2) is 0 Å². The minimum Gasteiger partial charge on any atom is -0.426 e. The van der Waals surface area contributed by atoms with E-state index in [0.717, 1.165) is 19.3 Å². The van der Waals surface area contributed by atoms with E-state index in [-0.39, 0.29) is 11.4 Å². The predicted molar refractivity (Wildman–Crippen MR) is 93.5 cm³/mol. The maximum Gasteiger partial charge on any atom is 0.317 e. The van der Waals surface area contributed by atoms with Gasteiger partial charge in [0.05, 0.1) is 17.0 Å². The Morgan fingerprint density at radius 2 is 1.71 bits per heavy atom. The van der Waals surface area contributed by atoms with Crippen LogP contribution in [0, 0.1) is 22.2 Å². The Morgan fingerprint density at radius 1 is 1.08 bits per heavy atom. The highest BCUT2D eigenvalue weighted by Gasteiger charge is 2.52. The molecule has 1 aromatic rings. The van der Waals surface area contributed by atoms with E-state index in [1.54, 1.807) is 24.3 Å². The molecule has 3 heteroatoms. The number of rotatable bonds is 6. The van der Waals surface area contributed by atoms with Gasteiger partial charge in [0.15, 0.2) is 0 Å². The number of unbranched alkanes of at least 4 members (excludes halogenated alkanes) is 2. The van der Waals surface area contributed by atoms with Gasteiger partial charge < -0.3 is 4.74 Å².